The molecule has 4 nitrogen and oxygen atoms in total. The molecule has 1 atom stereocenters. The number of aliphatic hydroxyl groups excluding tert-OH is 1. The third-order valence-electron chi connectivity index (χ3n) is 2.24. The number of rotatable bonds is 6. The van der Waals surface area contributed by atoms with Gasteiger partial charge in [0.05, 0.1) is 5.02 Å². The summed E-state index contributed by atoms with van der Waals surface area (Å²) in [6, 6.07) is 5.07. The molecule has 0 aliphatic heterocycles. The summed E-state index contributed by atoms with van der Waals surface area (Å²) >= 11 is 5.85. The lowest BCUT2D eigenvalue weighted by molar-refractivity contribution is -0.124. The van der Waals surface area contributed by atoms with Gasteiger partial charge in [-0.25, -0.2) is 8.78 Å². The number of nitrogens with one attached hydrogen (secondary N) is 1. The summed E-state index contributed by atoms with van der Waals surface area (Å²) in [7, 11) is 0. The molecule has 19 heavy (non-hydrogen) atoms. The number of carbonyl (C=O) groups excluding carboxylic acids is 1. The molecular weight excluding hydrogens is 280 g/mol. The summed E-state index contributed by atoms with van der Waals surface area (Å²) in [5.74, 6) is -0.275. The van der Waals surface area contributed by atoms with E-state index in [9.17, 15) is 13.6 Å². The SMILES string of the molecule is Cc1ccc(Cl)c(OCC(=O)NCC(O)C(F)F)c1. The van der Waals surface area contributed by atoms with Crippen LogP contribution in [0.15, 0.2) is 18.2 Å². The van der Waals surface area contributed by atoms with Crippen molar-refractivity contribution < 1.29 is 23.4 Å². The van der Waals surface area contributed by atoms with Crippen LogP contribution in [0.4, 0.5) is 8.78 Å². The Kier molecular flexibility index (Phi) is 5.98. The van der Waals surface area contributed by atoms with Crippen LogP contribution in [0.5, 0.6) is 5.75 Å². The number of benzene rings is 1. The lowest BCUT2D eigenvalue weighted by Crippen LogP contribution is -2.38. The Hall–Kier alpha value is -1.40. The molecule has 2 N–H and O–H groups in total. The maximum absolute atomic E-state index is 12.0. The van der Waals surface area contributed by atoms with Crippen molar-refractivity contribution in [3.63, 3.8) is 0 Å². The Labute approximate surface area is 114 Å². The third-order valence-corrected chi connectivity index (χ3v) is 2.56. The highest BCUT2D eigenvalue weighted by Crippen LogP contribution is 2.24. The van der Waals surface area contributed by atoms with Gasteiger partial charge in [0.25, 0.3) is 12.3 Å². The zero-order chi connectivity index (χ0) is 14.4. The number of hydrogen-bond donors (Lipinski definition) is 2. The molecule has 0 aromatic heterocycles. The van der Waals surface area contributed by atoms with Crippen LogP contribution in [0, 0.1) is 6.92 Å². The molecule has 0 heterocycles. The van der Waals surface area contributed by atoms with Crippen LogP contribution in [-0.4, -0.2) is 36.7 Å². The predicted octanol–water partition coefficient (Wildman–Crippen LogP) is 1.77. The Morgan fingerprint density at radius 1 is 1.53 bits per heavy atom. The van der Waals surface area contributed by atoms with E-state index in [4.69, 9.17) is 21.4 Å². The second-order valence-corrected chi connectivity index (χ2v) is 4.34. The van der Waals surface area contributed by atoms with Crippen LogP contribution >= 0.6 is 11.6 Å². The van der Waals surface area contributed by atoms with Gasteiger partial charge in [0.2, 0.25) is 0 Å². The van der Waals surface area contributed by atoms with Gasteiger partial charge in [-0.05, 0) is 24.6 Å². The molecule has 0 spiro atoms. The van der Waals surface area contributed by atoms with E-state index in [0.717, 1.165) is 5.56 Å². The molecule has 0 saturated heterocycles. The van der Waals surface area contributed by atoms with Gasteiger partial charge in [-0.3, -0.25) is 4.79 Å². The van der Waals surface area contributed by atoms with Gasteiger partial charge >= 0.3 is 0 Å². The van der Waals surface area contributed by atoms with Crippen LogP contribution in [0.25, 0.3) is 0 Å². The Morgan fingerprint density at radius 3 is 2.84 bits per heavy atom. The highest BCUT2D eigenvalue weighted by molar-refractivity contribution is 6.32. The van der Waals surface area contributed by atoms with Gasteiger partial charge < -0.3 is 15.2 Å². The zero-order valence-electron chi connectivity index (χ0n) is 10.2. The van der Waals surface area contributed by atoms with Crippen molar-refractivity contribution in [2.75, 3.05) is 13.2 Å². The van der Waals surface area contributed by atoms with Gasteiger partial charge in [-0.1, -0.05) is 17.7 Å². The van der Waals surface area contributed by atoms with Crippen molar-refractivity contribution in [3.05, 3.63) is 28.8 Å². The smallest absolute Gasteiger partial charge is 0.265 e. The molecule has 106 valence electrons. The first-order valence-electron chi connectivity index (χ1n) is 5.52. The number of hydrogen-bond acceptors (Lipinski definition) is 3. The molecule has 0 saturated carbocycles. The van der Waals surface area contributed by atoms with Crippen molar-refractivity contribution in [1.82, 2.24) is 5.32 Å². The van der Waals surface area contributed by atoms with Crippen molar-refractivity contribution in [3.8, 4) is 5.75 Å². The molecule has 1 amide bonds. The molecule has 0 radical (unpaired) electrons. The van der Waals surface area contributed by atoms with Gasteiger partial charge in [-0.15, -0.1) is 0 Å². The van der Waals surface area contributed by atoms with Gasteiger partial charge in [0, 0.05) is 6.54 Å². The first kappa shape index (κ1) is 15.7. The number of ether oxygens (including phenoxy) is 1. The maximum atomic E-state index is 12.0. The van der Waals surface area contributed by atoms with Gasteiger partial charge in [0.15, 0.2) is 6.61 Å². The Bertz CT molecular complexity index is 443. The molecule has 7 heteroatoms. The quantitative estimate of drug-likeness (QED) is 0.840. The first-order chi connectivity index (χ1) is 8.90. The van der Waals surface area contributed by atoms with Crippen molar-refractivity contribution in [1.29, 1.82) is 0 Å². The van der Waals surface area contributed by atoms with Crippen molar-refractivity contribution >= 4 is 17.5 Å². The molecule has 0 aliphatic carbocycles. The molecule has 1 unspecified atom stereocenters. The third kappa shape index (κ3) is 5.40. The first-order valence-corrected chi connectivity index (χ1v) is 5.90. The minimum Gasteiger partial charge on any atom is -0.482 e. The molecule has 1 aromatic carbocycles. The van der Waals surface area contributed by atoms with E-state index >= 15 is 0 Å². The van der Waals surface area contributed by atoms with E-state index in [2.05, 4.69) is 5.32 Å². The highest BCUT2D eigenvalue weighted by Gasteiger charge is 2.17. The molecule has 0 aliphatic rings. The van der Waals surface area contributed by atoms with E-state index in [1.54, 1.807) is 18.2 Å². The van der Waals surface area contributed by atoms with Gasteiger partial charge in [0.1, 0.15) is 11.9 Å². The van der Waals surface area contributed by atoms with E-state index in [1.807, 2.05) is 6.92 Å². The molecule has 1 aromatic rings. The number of amides is 1. The van der Waals surface area contributed by atoms with E-state index in [-0.39, 0.29) is 6.61 Å². The number of alkyl halides is 2. The van der Waals surface area contributed by atoms with Crippen molar-refractivity contribution in [2.45, 2.75) is 19.5 Å². The highest BCUT2D eigenvalue weighted by atomic mass is 35.5. The Morgan fingerprint density at radius 2 is 2.21 bits per heavy atom. The van der Waals surface area contributed by atoms with Crippen LogP contribution < -0.4 is 10.1 Å². The van der Waals surface area contributed by atoms with Crippen molar-refractivity contribution in [2.24, 2.45) is 0 Å². The monoisotopic (exact) mass is 293 g/mol. The standard InChI is InChI=1S/C12H14ClF2NO3/c1-7-2-3-8(13)10(4-7)19-6-11(18)16-5-9(17)12(14)15/h2-4,9,12,17H,5-6H2,1H3,(H,16,18). The second-order valence-electron chi connectivity index (χ2n) is 3.93. The lowest BCUT2D eigenvalue weighted by atomic mass is 10.2. The zero-order valence-corrected chi connectivity index (χ0v) is 11.0. The van der Waals surface area contributed by atoms with Gasteiger partial charge in [-0.2, -0.15) is 0 Å². The average Bonchev–Trinajstić information content (AvgIpc) is 2.36. The number of halogens is 3. The average molecular weight is 294 g/mol. The fraction of sp³-hybridized carbons (Fsp3) is 0.417. The minimum atomic E-state index is -2.90. The summed E-state index contributed by atoms with van der Waals surface area (Å²) in [5.41, 5.74) is 0.910. The minimum absolute atomic E-state index is 0.339. The van der Waals surface area contributed by atoms with E-state index in [0.29, 0.717) is 10.8 Å². The molecule has 1 rings (SSSR count). The van der Waals surface area contributed by atoms with E-state index < -0.39 is 25.0 Å². The van der Waals surface area contributed by atoms with Crippen LogP contribution in [0.2, 0.25) is 5.02 Å². The largest absolute Gasteiger partial charge is 0.482 e. The van der Waals surface area contributed by atoms with E-state index in [1.165, 1.54) is 0 Å². The topological polar surface area (TPSA) is 58.6 Å². The molecular formula is C12H14ClF2NO3. The normalized spacial score (nSPS) is 12.3. The molecule has 0 bridgehead atoms. The predicted molar refractivity (Wildman–Crippen MR) is 66.7 cm³/mol. The fourth-order valence-corrected chi connectivity index (χ4v) is 1.40. The molecule has 0 fully saturated rings. The summed E-state index contributed by atoms with van der Waals surface area (Å²) in [5, 5.41) is 11.3. The summed E-state index contributed by atoms with van der Waals surface area (Å²) < 4.78 is 29.1. The fourth-order valence-electron chi connectivity index (χ4n) is 1.22. The Balaban J connectivity index is 2.40. The van der Waals surface area contributed by atoms with Crippen LogP contribution in [0.3, 0.4) is 0 Å². The number of aliphatic hydroxyl groups is 1. The number of aryl methyl sites for hydroxylation is 1. The van der Waals surface area contributed by atoms with Crippen LogP contribution in [-0.2, 0) is 4.79 Å². The lowest BCUT2D eigenvalue weighted by Gasteiger charge is -2.12. The summed E-state index contributed by atoms with van der Waals surface area (Å²) in [6.07, 6.45) is -4.78. The number of carbonyl (C=O) groups is 1. The summed E-state index contributed by atoms with van der Waals surface area (Å²) in [6.45, 7) is 0.947. The second kappa shape index (κ2) is 7.25. The summed E-state index contributed by atoms with van der Waals surface area (Å²) in [4.78, 5) is 11.3. The maximum Gasteiger partial charge on any atom is 0.265 e. The van der Waals surface area contributed by atoms with Crippen LogP contribution in [0.1, 0.15) is 5.56 Å².